The van der Waals surface area contributed by atoms with Crippen molar-refractivity contribution in [3.63, 3.8) is 0 Å². The number of hydrogen-bond acceptors (Lipinski definition) is 6. The summed E-state index contributed by atoms with van der Waals surface area (Å²) in [7, 11) is 3.25. The molecule has 2 heterocycles. The summed E-state index contributed by atoms with van der Waals surface area (Å²) >= 11 is 8.14. The van der Waals surface area contributed by atoms with E-state index < -0.39 is 5.97 Å². The van der Waals surface area contributed by atoms with Crippen LogP contribution >= 0.6 is 23.4 Å². The fraction of sp³-hybridized carbons (Fsp3) is 0.375. The molecule has 1 aliphatic heterocycles. The minimum absolute atomic E-state index is 0.0440. The largest absolute Gasteiger partial charge is 0.493 e. The van der Waals surface area contributed by atoms with E-state index in [2.05, 4.69) is 14.8 Å². The first kappa shape index (κ1) is 22.1. The predicted molar refractivity (Wildman–Crippen MR) is 127 cm³/mol. The molecule has 5 rings (SSSR count). The van der Waals surface area contributed by atoms with Crippen LogP contribution in [-0.4, -0.2) is 40.1 Å². The van der Waals surface area contributed by atoms with Gasteiger partial charge in [-0.15, -0.1) is 22.0 Å². The molecule has 1 aromatic heterocycles. The average molecular weight is 486 g/mol. The highest BCUT2D eigenvalue weighted by Gasteiger charge is 2.38. The minimum Gasteiger partial charge on any atom is -0.493 e. The van der Waals surface area contributed by atoms with E-state index in [-0.39, 0.29) is 16.9 Å². The lowest BCUT2D eigenvalue weighted by Crippen LogP contribution is -2.08. The van der Waals surface area contributed by atoms with Crippen LogP contribution in [0.25, 0.3) is 5.69 Å². The van der Waals surface area contributed by atoms with Crippen molar-refractivity contribution in [1.82, 2.24) is 14.8 Å². The molecule has 0 saturated heterocycles. The first-order chi connectivity index (χ1) is 16.0. The Morgan fingerprint density at radius 2 is 1.94 bits per heavy atom. The number of ether oxygens (including phenoxy) is 2. The molecule has 2 unspecified atom stereocenters. The van der Waals surface area contributed by atoms with Crippen LogP contribution in [0.1, 0.15) is 64.9 Å². The molecule has 2 atom stereocenters. The van der Waals surface area contributed by atoms with Gasteiger partial charge in [0.05, 0.1) is 30.4 Å². The lowest BCUT2D eigenvalue weighted by molar-refractivity contribution is -0.137. The minimum atomic E-state index is -0.829. The van der Waals surface area contributed by atoms with Crippen LogP contribution in [0.15, 0.2) is 36.4 Å². The maximum absolute atomic E-state index is 11.5. The molecule has 1 saturated carbocycles. The number of carbonyl (C=O) groups is 1. The normalized spacial score (nSPS) is 19.4. The van der Waals surface area contributed by atoms with E-state index in [0.717, 1.165) is 41.3 Å². The lowest BCUT2D eigenvalue weighted by Gasteiger charge is -2.23. The number of para-hydroxylation sites is 1. The van der Waals surface area contributed by atoms with Gasteiger partial charge in [0.2, 0.25) is 0 Å². The molecule has 1 fully saturated rings. The van der Waals surface area contributed by atoms with Crippen LogP contribution in [0.2, 0.25) is 5.02 Å². The number of aromatic nitrogens is 3. The highest BCUT2D eigenvalue weighted by atomic mass is 35.5. The van der Waals surface area contributed by atoms with Crippen LogP contribution in [0.5, 0.6) is 11.5 Å². The van der Waals surface area contributed by atoms with Gasteiger partial charge in [0.1, 0.15) is 5.82 Å². The molecule has 33 heavy (non-hydrogen) atoms. The van der Waals surface area contributed by atoms with Crippen molar-refractivity contribution in [2.24, 2.45) is 0 Å². The molecule has 9 heteroatoms. The van der Waals surface area contributed by atoms with Gasteiger partial charge in [0.15, 0.2) is 17.3 Å². The molecule has 1 aliphatic carbocycles. The number of carboxylic acid groups (broad SMARTS) is 1. The zero-order chi connectivity index (χ0) is 23.1. The SMILES string of the molecule is COc1cccc(C2SC(CCC(=O)O)c3nnc(C4CC4)n3-c3ccc(Cl)cc32)c1OC. The number of hydrogen-bond donors (Lipinski definition) is 1. The van der Waals surface area contributed by atoms with Gasteiger partial charge in [-0.2, -0.15) is 0 Å². The number of fused-ring (bicyclic) bond motifs is 3. The number of benzene rings is 2. The molecule has 7 nitrogen and oxygen atoms in total. The number of rotatable bonds is 7. The van der Waals surface area contributed by atoms with Crippen molar-refractivity contribution in [3.05, 3.63) is 64.2 Å². The quantitative estimate of drug-likeness (QED) is 0.469. The average Bonchev–Trinajstić information content (AvgIpc) is 3.59. The summed E-state index contributed by atoms with van der Waals surface area (Å²) in [6.45, 7) is 0. The van der Waals surface area contributed by atoms with E-state index in [1.54, 1.807) is 26.0 Å². The Labute approximate surface area is 201 Å². The van der Waals surface area contributed by atoms with Gasteiger partial charge in [-0.05, 0) is 49.1 Å². The van der Waals surface area contributed by atoms with Crippen molar-refractivity contribution >= 4 is 29.3 Å². The van der Waals surface area contributed by atoms with Gasteiger partial charge in [-0.1, -0.05) is 23.7 Å². The fourth-order valence-corrected chi connectivity index (χ4v) is 6.12. The highest BCUT2D eigenvalue weighted by Crippen LogP contribution is 2.55. The van der Waals surface area contributed by atoms with Crippen LogP contribution in [-0.2, 0) is 4.79 Å². The zero-order valence-corrected chi connectivity index (χ0v) is 19.9. The molecule has 1 N–H and O–H groups in total. The molecule has 0 amide bonds. The summed E-state index contributed by atoms with van der Waals surface area (Å²) < 4.78 is 13.5. The van der Waals surface area contributed by atoms with Crippen LogP contribution in [0.3, 0.4) is 0 Å². The Morgan fingerprint density at radius 1 is 1.15 bits per heavy atom. The first-order valence-electron chi connectivity index (χ1n) is 10.8. The van der Waals surface area contributed by atoms with Crippen molar-refractivity contribution in [1.29, 1.82) is 0 Å². The second-order valence-corrected chi connectivity index (χ2v) is 10.00. The number of halogens is 1. The van der Waals surface area contributed by atoms with E-state index in [1.807, 2.05) is 36.4 Å². The van der Waals surface area contributed by atoms with Gasteiger partial charge in [-0.25, -0.2) is 0 Å². The summed E-state index contributed by atoms with van der Waals surface area (Å²) in [5, 5.41) is 18.8. The van der Waals surface area contributed by atoms with Crippen LogP contribution < -0.4 is 9.47 Å². The predicted octanol–water partition coefficient (Wildman–Crippen LogP) is 5.56. The fourth-order valence-electron chi connectivity index (χ4n) is 4.42. The second-order valence-electron chi connectivity index (χ2n) is 8.25. The standard InChI is InChI=1S/C24H24ClN3O4S/c1-31-18-5-3-4-15(21(18)32-2)22-16-12-14(25)8-9-17(16)28-23(13-6-7-13)26-27-24(28)19(33-22)10-11-20(29)30/h3-5,8-9,12-13,19,22H,6-7,10-11H2,1-2H3,(H,29,30). The van der Waals surface area contributed by atoms with Crippen LogP contribution in [0.4, 0.5) is 0 Å². The summed E-state index contributed by atoms with van der Waals surface area (Å²) in [6, 6.07) is 11.7. The summed E-state index contributed by atoms with van der Waals surface area (Å²) in [5.74, 6) is 2.57. The molecule has 3 aromatic rings. The maximum atomic E-state index is 11.5. The van der Waals surface area contributed by atoms with Crippen molar-refractivity contribution in [3.8, 4) is 17.2 Å². The van der Waals surface area contributed by atoms with Gasteiger partial charge < -0.3 is 14.6 Å². The van der Waals surface area contributed by atoms with E-state index in [4.69, 9.17) is 21.1 Å². The first-order valence-corrected chi connectivity index (χ1v) is 12.2. The van der Waals surface area contributed by atoms with Crippen molar-refractivity contribution in [2.45, 2.75) is 42.1 Å². The number of nitrogens with zero attached hydrogens (tertiary/aromatic N) is 3. The molecule has 2 aromatic carbocycles. The van der Waals surface area contributed by atoms with Gasteiger partial charge in [0.25, 0.3) is 0 Å². The molecule has 2 aliphatic rings. The zero-order valence-electron chi connectivity index (χ0n) is 18.3. The van der Waals surface area contributed by atoms with Gasteiger partial charge in [0, 0.05) is 22.9 Å². The smallest absolute Gasteiger partial charge is 0.303 e. The van der Waals surface area contributed by atoms with E-state index >= 15 is 0 Å². The third-order valence-electron chi connectivity index (χ3n) is 6.09. The Kier molecular flexibility index (Phi) is 5.97. The number of carboxylic acids is 1. The number of thioether (sulfide) groups is 1. The summed E-state index contributed by atoms with van der Waals surface area (Å²) in [6.07, 6.45) is 2.65. The number of aliphatic carboxylic acids is 1. The molecule has 0 bridgehead atoms. The van der Waals surface area contributed by atoms with E-state index in [9.17, 15) is 9.90 Å². The molecule has 0 radical (unpaired) electrons. The van der Waals surface area contributed by atoms with Gasteiger partial charge >= 0.3 is 5.97 Å². The van der Waals surface area contributed by atoms with E-state index in [0.29, 0.717) is 28.9 Å². The number of methoxy groups -OCH3 is 2. The van der Waals surface area contributed by atoms with Gasteiger partial charge in [-0.3, -0.25) is 9.36 Å². The Balaban J connectivity index is 1.73. The molecule has 172 valence electrons. The Morgan fingerprint density at radius 3 is 2.64 bits per heavy atom. The maximum Gasteiger partial charge on any atom is 0.303 e. The van der Waals surface area contributed by atoms with Crippen molar-refractivity contribution in [2.75, 3.05) is 14.2 Å². The Bertz CT molecular complexity index is 1210. The lowest BCUT2D eigenvalue weighted by atomic mass is 10.0. The molecule has 0 spiro atoms. The summed E-state index contributed by atoms with van der Waals surface area (Å²) in [4.78, 5) is 11.5. The molecular weight excluding hydrogens is 462 g/mol. The third kappa shape index (κ3) is 4.06. The Hall–Kier alpha value is -2.71. The molecular formula is C24H24ClN3O4S. The monoisotopic (exact) mass is 485 g/mol. The van der Waals surface area contributed by atoms with Crippen LogP contribution in [0, 0.1) is 0 Å². The highest BCUT2D eigenvalue weighted by molar-refractivity contribution is 8.00. The van der Waals surface area contributed by atoms with Crippen molar-refractivity contribution < 1.29 is 19.4 Å². The summed E-state index contributed by atoms with van der Waals surface area (Å²) in [5.41, 5.74) is 2.93. The topological polar surface area (TPSA) is 86.5 Å². The van der Waals surface area contributed by atoms with E-state index in [1.165, 1.54) is 0 Å². The second kappa shape index (κ2) is 8.91. The third-order valence-corrected chi connectivity index (χ3v) is 7.88.